The number of amides is 1. The SMILES string of the molecule is Cn1ccc(C(=O)NCc2ccc(C(=O)O)o2)n1. The Balaban J connectivity index is 1.95. The molecule has 2 aromatic heterocycles. The highest BCUT2D eigenvalue weighted by Crippen LogP contribution is 2.07. The summed E-state index contributed by atoms with van der Waals surface area (Å²) in [7, 11) is 1.71. The van der Waals surface area contributed by atoms with Gasteiger partial charge in [0, 0.05) is 13.2 Å². The molecule has 7 nitrogen and oxygen atoms in total. The Labute approximate surface area is 102 Å². The van der Waals surface area contributed by atoms with Gasteiger partial charge in [-0.2, -0.15) is 5.10 Å². The van der Waals surface area contributed by atoms with Crippen LogP contribution in [0.2, 0.25) is 0 Å². The summed E-state index contributed by atoms with van der Waals surface area (Å²) >= 11 is 0. The molecule has 0 aliphatic carbocycles. The number of aryl methyl sites for hydroxylation is 1. The highest BCUT2D eigenvalue weighted by atomic mass is 16.4. The maximum Gasteiger partial charge on any atom is 0.371 e. The van der Waals surface area contributed by atoms with Crippen LogP contribution in [0.3, 0.4) is 0 Å². The van der Waals surface area contributed by atoms with Crippen LogP contribution in [0.4, 0.5) is 0 Å². The molecule has 2 rings (SSSR count). The van der Waals surface area contributed by atoms with Crippen LogP contribution in [-0.4, -0.2) is 26.8 Å². The Bertz CT molecular complexity index is 585. The van der Waals surface area contributed by atoms with E-state index in [-0.39, 0.29) is 18.2 Å². The van der Waals surface area contributed by atoms with Crippen molar-refractivity contribution >= 4 is 11.9 Å². The number of furan rings is 1. The van der Waals surface area contributed by atoms with E-state index in [0.717, 1.165) is 0 Å². The van der Waals surface area contributed by atoms with Crippen molar-refractivity contribution in [1.82, 2.24) is 15.1 Å². The molecule has 1 amide bonds. The molecule has 0 saturated heterocycles. The van der Waals surface area contributed by atoms with Gasteiger partial charge in [0.25, 0.3) is 5.91 Å². The van der Waals surface area contributed by atoms with Crippen molar-refractivity contribution < 1.29 is 19.1 Å². The van der Waals surface area contributed by atoms with Crippen LogP contribution in [0, 0.1) is 0 Å². The monoisotopic (exact) mass is 249 g/mol. The largest absolute Gasteiger partial charge is 0.475 e. The first-order valence-electron chi connectivity index (χ1n) is 5.16. The number of hydrogen-bond donors (Lipinski definition) is 2. The molecule has 0 aliphatic heterocycles. The molecule has 0 aliphatic rings. The lowest BCUT2D eigenvalue weighted by Gasteiger charge is -1.99. The van der Waals surface area contributed by atoms with Crippen molar-refractivity contribution in [2.75, 3.05) is 0 Å². The molecule has 0 radical (unpaired) electrons. The fourth-order valence-corrected chi connectivity index (χ4v) is 1.38. The Hall–Kier alpha value is -2.57. The molecule has 0 atom stereocenters. The minimum Gasteiger partial charge on any atom is -0.475 e. The molecular weight excluding hydrogens is 238 g/mol. The predicted molar refractivity (Wildman–Crippen MR) is 60.0 cm³/mol. The van der Waals surface area contributed by atoms with Crippen molar-refractivity contribution in [2.45, 2.75) is 6.54 Å². The van der Waals surface area contributed by atoms with E-state index in [0.29, 0.717) is 11.5 Å². The van der Waals surface area contributed by atoms with Crippen LogP contribution < -0.4 is 5.32 Å². The molecule has 0 unspecified atom stereocenters. The molecule has 2 aromatic rings. The quantitative estimate of drug-likeness (QED) is 0.828. The molecule has 2 N–H and O–H groups in total. The Morgan fingerprint density at radius 1 is 1.44 bits per heavy atom. The molecule has 0 bridgehead atoms. The van der Waals surface area contributed by atoms with E-state index in [1.54, 1.807) is 19.3 Å². The van der Waals surface area contributed by atoms with Gasteiger partial charge >= 0.3 is 5.97 Å². The highest BCUT2D eigenvalue weighted by molar-refractivity contribution is 5.92. The van der Waals surface area contributed by atoms with Gasteiger partial charge in [-0.1, -0.05) is 0 Å². The lowest BCUT2D eigenvalue weighted by Crippen LogP contribution is -2.23. The van der Waals surface area contributed by atoms with Gasteiger partial charge in [-0.05, 0) is 18.2 Å². The van der Waals surface area contributed by atoms with E-state index < -0.39 is 5.97 Å². The number of nitrogens with zero attached hydrogens (tertiary/aromatic N) is 2. The molecular formula is C11H11N3O4. The predicted octanol–water partition coefficient (Wildman–Crippen LogP) is 0.641. The molecule has 0 fully saturated rings. The number of carboxylic acid groups (broad SMARTS) is 1. The van der Waals surface area contributed by atoms with Crippen molar-refractivity contribution in [3.63, 3.8) is 0 Å². The number of aromatic nitrogens is 2. The minimum absolute atomic E-state index is 0.114. The van der Waals surface area contributed by atoms with Gasteiger partial charge in [-0.3, -0.25) is 9.48 Å². The Kier molecular flexibility index (Phi) is 3.13. The lowest BCUT2D eigenvalue weighted by atomic mass is 10.4. The zero-order valence-corrected chi connectivity index (χ0v) is 9.58. The molecule has 18 heavy (non-hydrogen) atoms. The fourth-order valence-electron chi connectivity index (χ4n) is 1.38. The molecule has 0 spiro atoms. The molecule has 94 valence electrons. The van der Waals surface area contributed by atoms with Crippen LogP contribution in [0.25, 0.3) is 0 Å². The molecule has 0 aromatic carbocycles. The number of rotatable bonds is 4. The van der Waals surface area contributed by atoms with Crippen molar-refractivity contribution in [2.24, 2.45) is 7.05 Å². The third-order valence-electron chi connectivity index (χ3n) is 2.24. The second-order valence-electron chi connectivity index (χ2n) is 3.63. The van der Waals surface area contributed by atoms with Crippen LogP contribution in [0.1, 0.15) is 26.8 Å². The zero-order chi connectivity index (χ0) is 13.1. The van der Waals surface area contributed by atoms with Gasteiger partial charge in [0.1, 0.15) is 11.5 Å². The summed E-state index contributed by atoms with van der Waals surface area (Å²) in [5, 5.41) is 15.2. The van der Waals surface area contributed by atoms with Gasteiger partial charge in [0.2, 0.25) is 5.76 Å². The van der Waals surface area contributed by atoms with E-state index in [9.17, 15) is 9.59 Å². The summed E-state index contributed by atoms with van der Waals surface area (Å²) in [4.78, 5) is 22.2. The van der Waals surface area contributed by atoms with Crippen LogP contribution >= 0.6 is 0 Å². The smallest absolute Gasteiger partial charge is 0.371 e. The molecule has 0 saturated carbocycles. The van der Waals surface area contributed by atoms with Crippen molar-refractivity contribution in [3.8, 4) is 0 Å². The molecule has 7 heteroatoms. The van der Waals surface area contributed by atoms with Gasteiger partial charge in [-0.25, -0.2) is 4.79 Å². The lowest BCUT2D eigenvalue weighted by molar-refractivity contribution is 0.0660. The average Bonchev–Trinajstić information content (AvgIpc) is 2.94. The first-order chi connectivity index (χ1) is 8.56. The fraction of sp³-hybridized carbons (Fsp3) is 0.182. The summed E-state index contributed by atoms with van der Waals surface area (Å²) in [6.07, 6.45) is 1.66. The Morgan fingerprint density at radius 2 is 2.22 bits per heavy atom. The Morgan fingerprint density at radius 3 is 2.78 bits per heavy atom. The highest BCUT2D eigenvalue weighted by Gasteiger charge is 2.11. The first kappa shape index (κ1) is 11.9. The van der Waals surface area contributed by atoms with E-state index in [1.165, 1.54) is 16.8 Å². The third kappa shape index (κ3) is 2.57. The van der Waals surface area contributed by atoms with Gasteiger partial charge in [0.05, 0.1) is 6.54 Å². The van der Waals surface area contributed by atoms with Crippen LogP contribution in [-0.2, 0) is 13.6 Å². The summed E-state index contributed by atoms with van der Waals surface area (Å²) < 4.78 is 6.51. The number of carbonyl (C=O) groups excluding carboxylic acids is 1. The standard InChI is InChI=1S/C11H11N3O4/c1-14-5-4-8(13-14)10(15)12-6-7-2-3-9(18-7)11(16)17/h2-5H,6H2,1H3,(H,12,15)(H,16,17). The van der Waals surface area contributed by atoms with E-state index in [1.807, 2.05) is 0 Å². The summed E-state index contributed by atoms with van der Waals surface area (Å²) in [6.45, 7) is 0.114. The van der Waals surface area contributed by atoms with Gasteiger partial charge in [0.15, 0.2) is 0 Å². The van der Waals surface area contributed by atoms with Crippen LogP contribution in [0.5, 0.6) is 0 Å². The maximum absolute atomic E-state index is 11.6. The van der Waals surface area contributed by atoms with E-state index in [4.69, 9.17) is 9.52 Å². The normalized spacial score (nSPS) is 10.3. The topological polar surface area (TPSA) is 97.4 Å². The van der Waals surface area contributed by atoms with E-state index in [2.05, 4.69) is 10.4 Å². The summed E-state index contributed by atoms with van der Waals surface area (Å²) in [6, 6.07) is 4.42. The number of hydrogen-bond acceptors (Lipinski definition) is 4. The van der Waals surface area contributed by atoms with Crippen molar-refractivity contribution in [1.29, 1.82) is 0 Å². The number of carboxylic acids is 1. The maximum atomic E-state index is 11.6. The molecule has 2 heterocycles. The zero-order valence-electron chi connectivity index (χ0n) is 9.58. The number of nitrogens with one attached hydrogen (secondary N) is 1. The number of aromatic carboxylic acids is 1. The first-order valence-corrected chi connectivity index (χ1v) is 5.16. The van der Waals surface area contributed by atoms with Gasteiger partial charge in [-0.15, -0.1) is 0 Å². The summed E-state index contributed by atoms with van der Waals surface area (Å²) in [5.41, 5.74) is 0.294. The van der Waals surface area contributed by atoms with Crippen molar-refractivity contribution in [3.05, 3.63) is 41.6 Å². The minimum atomic E-state index is -1.14. The average molecular weight is 249 g/mol. The van der Waals surface area contributed by atoms with Crippen LogP contribution in [0.15, 0.2) is 28.8 Å². The summed E-state index contributed by atoms with van der Waals surface area (Å²) in [5.74, 6) is -1.27. The van der Waals surface area contributed by atoms with E-state index >= 15 is 0 Å². The van der Waals surface area contributed by atoms with Gasteiger partial charge < -0.3 is 14.8 Å². The third-order valence-corrected chi connectivity index (χ3v) is 2.24. The second kappa shape index (κ2) is 4.74. The second-order valence-corrected chi connectivity index (χ2v) is 3.63. The number of carbonyl (C=O) groups is 2.